The highest BCUT2D eigenvalue weighted by Gasteiger charge is 2.24. The molecule has 104 valence electrons. The number of nitro groups is 1. The van der Waals surface area contributed by atoms with Crippen LogP contribution in [-0.2, 0) is 4.79 Å². The lowest BCUT2D eigenvalue weighted by atomic mass is 10.2. The summed E-state index contributed by atoms with van der Waals surface area (Å²) in [7, 11) is 0. The molecule has 0 aliphatic carbocycles. The Morgan fingerprint density at radius 2 is 2.05 bits per heavy atom. The highest BCUT2D eigenvalue weighted by atomic mass is 35.5. The van der Waals surface area contributed by atoms with Crippen LogP contribution in [0.4, 0.5) is 11.5 Å². The van der Waals surface area contributed by atoms with Crippen molar-refractivity contribution in [3.63, 3.8) is 0 Å². The summed E-state index contributed by atoms with van der Waals surface area (Å²) in [5.41, 5.74) is -0.451. The van der Waals surface area contributed by atoms with E-state index in [0.717, 1.165) is 6.33 Å². The molecule has 8 nitrogen and oxygen atoms in total. The van der Waals surface area contributed by atoms with Gasteiger partial charge in [-0.1, -0.05) is 11.6 Å². The molecule has 1 aromatic rings. The average molecular weight is 288 g/mol. The van der Waals surface area contributed by atoms with Gasteiger partial charge in [0.2, 0.25) is 16.9 Å². The smallest absolute Gasteiger partial charge is 0.348 e. The van der Waals surface area contributed by atoms with Crippen LogP contribution in [0.15, 0.2) is 6.33 Å². The maximum Gasteiger partial charge on any atom is 0.348 e. The number of anilines is 1. The second kappa shape index (κ2) is 6.28. The van der Waals surface area contributed by atoms with Crippen LogP contribution in [0.5, 0.6) is 0 Å². The molecular formula is C10H14ClN5O3. The number of nitrogens with zero attached hydrogens (tertiary/aromatic N) is 3. The number of carbonyl (C=O) groups excluding carboxylic acids is 1. The molecule has 1 amide bonds. The first-order valence-electron chi connectivity index (χ1n) is 5.54. The van der Waals surface area contributed by atoms with Crippen molar-refractivity contribution in [2.75, 3.05) is 5.32 Å². The summed E-state index contributed by atoms with van der Waals surface area (Å²) in [6.45, 7) is 5.20. The zero-order valence-corrected chi connectivity index (χ0v) is 11.4. The minimum atomic E-state index is -0.697. The first kappa shape index (κ1) is 15.1. The van der Waals surface area contributed by atoms with Crippen molar-refractivity contribution in [1.82, 2.24) is 15.3 Å². The van der Waals surface area contributed by atoms with Crippen LogP contribution in [-0.4, -0.2) is 32.9 Å². The van der Waals surface area contributed by atoms with Crippen molar-refractivity contribution in [1.29, 1.82) is 0 Å². The molecule has 19 heavy (non-hydrogen) atoms. The largest absolute Gasteiger partial charge is 0.353 e. The van der Waals surface area contributed by atoms with E-state index in [9.17, 15) is 14.9 Å². The summed E-state index contributed by atoms with van der Waals surface area (Å²) in [6.07, 6.45) is 1.09. The normalized spacial score (nSPS) is 12.1. The zero-order chi connectivity index (χ0) is 14.6. The maximum absolute atomic E-state index is 11.7. The number of hydrogen-bond donors (Lipinski definition) is 2. The Morgan fingerprint density at radius 1 is 1.42 bits per heavy atom. The van der Waals surface area contributed by atoms with Gasteiger partial charge in [0.1, 0.15) is 12.4 Å². The van der Waals surface area contributed by atoms with Crippen molar-refractivity contribution in [3.8, 4) is 0 Å². The van der Waals surface area contributed by atoms with Crippen LogP contribution < -0.4 is 10.6 Å². The molecular weight excluding hydrogens is 274 g/mol. The van der Waals surface area contributed by atoms with Gasteiger partial charge in [0.25, 0.3) is 0 Å². The SMILES string of the molecule is CC(C)NC(=O)C(C)Nc1ncnc(Cl)c1[N+](=O)[O-]. The number of halogens is 1. The minimum Gasteiger partial charge on any atom is -0.353 e. The molecule has 1 atom stereocenters. The Hall–Kier alpha value is -1.96. The van der Waals surface area contributed by atoms with Crippen molar-refractivity contribution in [2.45, 2.75) is 32.9 Å². The molecule has 0 aromatic carbocycles. The van der Waals surface area contributed by atoms with Gasteiger partial charge in [-0.05, 0) is 20.8 Å². The molecule has 1 heterocycles. The van der Waals surface area contributed by atoms with E-state index in [0.29, 0.717) is 0 Å². The monoisotopic (exact) mass is 287 g/mol. The Kier molecular flexibility index (Phi) is 4.99. The van der Waals surface area contributed by atoms with Gasteiger partial charge < -0.3 is 10.6 Å². The summed E-state index contributed by atoms with van der Waals surface area (Å²) in [5, 5.41) is 15.9. The molecule has 0 radical (unpaired) electrons. The van der Waals surface area contributed by atoms with E-state index >= 15 is 0 Å². The first-order chi connectivity index (χ1) is 8.82. The molecule has 0 spiro atoms. The van der Waals surface area contributed by atoms with Gasteiger partial charge in [0.15, 0.2) is 0 Å². The Labute approximate surface area is 114 Å². The maximum atomic E-state index is 11.7. The van der Waals surface area contributed by atoms with Crippen LogP contribution >= 0.6 is 11.6 Å². The van der Waals surface area contributed by atoms with Crippen LogP contribution in [0.1, 0.15) is 20.8 Å². The van der Waals surface area contributed by atoms with Crippen molar-refractivity contribution in [3.05, 3.63) is 21.6 Å². The van der Waals surface area contributed by atoms with E-state index in [4.69, 9.17) is 11.6 Å². The topological polar surface area (TPSA) is 110 Å². The number of rotatable bonds is 5. The minimum absolute atomic E-state index is 0.0271. The van der Waals surface area contributed by atoms with Gasteiger partial charge in [-0.3, -0.25) is 14.9 Å². The van der Waals surface area contributed by atoms with Gasteiger partial charge in [-0.2, -0.15) is 0 Å². The number of amides is 1. The van der Waals surface area contributed by atoms with Crippen LogP contribution in [0.2, 0.25) is 5.15 Å². The quantitative estimate of drug-likeness (QED) is 0.481. The van der Waals surface area contributed by atoms with Gasteiger partial charge in [0, 0.05) is 6.04 Å². The molecule has 0 fully saturated rings. The molecule has 1 unspecified atom stereocenters. The summed E-state index contributed by atoms with van der Waals surface area (Å²) in [6, 6.07) is -0.715. The molecule has 9 heteroatoms. The predicted octanol–water partition coefficient (Wildman–Crippen LogP) is 1.36. The van der Waals surface area contributed by atoms with Crippen LogP contribution in [0.3, 0.4) is 0 Å². The molecule has 0 aliphatic heterocycles. The molecule has 2 N–H and O–H groups in total. The van der Waals surface area contributed by atoms with Gasteiger partial charge >= 0.3 is 5.69 Å². The fraction of sp³-hybridized carbons (Fsp3) is 0.500. The van der Waals surface area contributed by atoms with Gasteiger partial charge in [-0.15, -0.1) is 0 Å². The van der Waals surface area contributed by atoms with E-state index in [1.807, 2.05) is 13.8 Å². The van der Waals surface area contributed by atoms with E-state index in [2.05, 4.69) is 20.6 Å². The van der Waals surface area contributed by atoms with Gasteiger partial charge in [0.05, 0.1) is 4.92 Å². The second-order valence-electron chi connectivity index (χ2n) is 4.15. The van der Waals surface area contributed by atoms with E-state index in [1.54, 1.807) is 6.92 Å². The van der Waals surface area contributed by atoms with Crippen LogP contribution in [0.25, 0.3) is 0 Å². The number of carbonyl (C=O) groups is 1. The average Bonchev–Trinajstić information content (AvgIpc) is 2.27. The molecule has 0 bridgehead atoms. The molecule has 0 saturated heterocycles. The number of nitrogens with one attached hydrogen (secondary N) is 2. The fourth-order valence-corrected chi connectivity index (χ4v) is 1.51. The highest BCUT2D eigenvalue weighted by Crippen LogP contribution is 2.28. The van der Waals surface area contributed by atoms with E-state index in [-0.39, 0.29) is 22.9 Å². The van der Waals surface area contributed by atoms with Crippen molar-refractivity contribution in [2.24, 2.45) is 0 Å². The second-order valence-corrected chi connectivity index (χ2v) is 4.51. The lowest BCUT2D eigenvalue weighted by Gasteiger charge is -2.16. The zero-order valence-electron chi connectivity index (χ0n) is 10.7. The van der Waals surface area contributed by atoms with Crippen molar-refractivity contribution < 1.29 is 9.72 Å². The summed E-state index contributed by atoms with van der Waals surface area (Å²) in [5.74, 6) is -0.379. The fourth-order valence-electron chi connectivity index (χ4n) is 1.30. The standard InChI is InChI=1S/C10H14ClN5O3/c1-5(2)14-10(17)6(3)15-9-7(16(18)19)8(11)12-4-13-9/h4-6H,1-3H3,(H,14,17)(H,12,13,15). The van der Waals surface area contributed by atoms with Crippen molar-refractivity contribution >= 4 is 29.0 Å². The number of aromatic nitrogens is 2. The molecule has 0 saturated carbocycles. The third-order valence-corrected chi connectivity index (χ3v) is 2.41. The lowest BCUT2D eigenvalue weighted by Crippen LogP contribution is -2.41. The highest BCUT2D eigenvalue weighted by molar-refractivity contribution is 6.31. The molecule has 1 aromatic heterocycles. The van der Waals surface area contributed by atoms with E-state index < -0.39 is 16.7 Å². The Morgan fingerprint density at radius 3 is 2.58 bits per heavy atom. The first-order valence-corrected chi connectivity index (χ1v) is 5.92. The predicted molar refractivity (Wildman–Crippen MR) is 70.1 cm³/mol. The summed E-state index contributed by atoms with van der Waals surface area (Å²) < 4.78 is 0. The summed E-state index contributed by atoms with van der Waals surface area (Å²) in [4.78, 5) is 29.1. The molecule has 1 rings (SSSR count). The number of hydrogen-bond acceptors (Lipinski definition) is 6. The third-order valence-electron chi connectivity index (χ3n) is 2.14. The Balaban J connectivity index is 2.91. The lowest BCUT2D eigenvalue weighted by molar-refractivity contribution is -0.384. The van der Waals surface area contributed by atoms with E-state index in [1.165, 1.54) is 0 Å². The summed E-state index contributed by atoms with van der Waals surface area (Å²) >= 11 is 5.64. The Bertz CT molecular complexity index is 494. The van der Waals surface area contributed by atoms with Crippen LogP contribution in [0, 0.1) is 10.1 Å². The van der Waals surface area contributed by atoms with Gasteiger partial charge in [-0.25, -0.2) is 9.97 Å². The third kappa shape index (κ3) is 4.02. The molecule has 0 aliphatic rings.